The quantitative estimate of drug-likeness (QED) is 0.626. The monoisotopic (exact) mass is 361 g/mol. The molecule has 0 fully saturated rings. The van der Waals surface area contributed by atoms with Crippen LogP contribution in [0.4, 0.5) is 4.79 Å². The largest absolute Gasteiger partial charge is 0.453 e. The molecule has 0 saturated heterocycles. The molecule has 1 aromatic heterocycles. The first-order valence-electron chi connectivity index (χ1n) is 7.69. The van der Waals surface area contributed by atoms with Gasteiger partial charge in [0.15, 0.2) is 6.61 Å². The van der Waals surface area contributed by atoms with E-state index in [1.54, 1.807) is 6.07 Å². The van der Waals surface area contributed by atoms with E-state index in [9.17, 15) is 4.79 Å². The van der Waals surface area contributed by atoms with Gasteiger partial charge in [-0.3, -0.25) is 4.98 Å². The fourth-order valence-electron chi connectivity index (χ4n) is 2.10. The second-order valence-electron chi connectivity index (χ2n) is 5.37. The number of methoxy groups -OCH3 is 1. The minimum absolute atomic E-state index is 0.265. The minimum Gasteiger partial charge on any atom is -0.453 e. The molecule has 132 valence electrons. The topological polar surface area (TPSA) is 72.8 Å². The standard InChI is InChI=1S/C18H20ClN3O3/c1-12-5-4-6-16(21-12)11-25-22-13(2)14-7-8-17(19)15(9-14)10-20-18(23)24-3/h4-9H,10-11H2,1-3H3,(H,20,23)/b22-13-. The van der Waals surface area contributed by atoms with E-state index in [1.807, 2.05) is 44.2 Å². The molecule has 0 bridgehead atoms. The zero-order chi connectivity index (χ0) is 18.2. The Hall–Kier alpha value is -2.60. The number of halogens is 1. The Labute approximate surface area is 151 Å². The van der Waals surface area contributed by atoms with Crippen molar-refractivity contribution in [2.24, 2.45) is 5.16 Å². The molecule has 25 heavy (non-hydrogen) atoms. The summed E-state index contributed by atoms with van der Waals surface area (Å²) in [6.07, 6.45) is -0.513. The van der Waals surface area contributed by atoms with Crippen LogP contribution in [0.3, 0.4) is 0 Å². The number of oxime groups is 1. The van der Waals surface area contributed by atoms with Crippen LogP contribution in [-0.2, 0) is 22.7 Å². The normalized spacial score (nSPS) is 11.1. The van der Waals surface area contributed by atoms with Crippen molar-refractivity contribution < 1.29 is 14.4 Å². The average molecular weight is 362 g/mol. The third-order valence-electron chi connectivity index (χ3n) is 3.43. The molecule has 1 heterocycles. The maximum absolute atomic E-state index is 11.2. The predicted octanol–water partition coefficient (Wildman–Crippen LogP) is 3.84. The van der Waals surface area contributed by atoms with Crippen LogP contribution >= 0.6 is 11.6 Å². The smallest absolute Gasteiger partial charge is 0.407 e. The molecule has 2 rings (SSSR count). The van der Waals surface area contributed by atoms with Gasteiger partial charge in [-0.2, -0.15) is 0 Å². The van der Waals surface area contributed by atoms with Gasteiger partial charge in [0.05, 0.1) is 18.5 Å². The van der Waals surface area contributed by atoms with Crippen LogP contribution in [0.5, 0.6) is 0 Å². The second kappa shape index (κ2) is 9.03. The van der Waals surface area contributed by atoms with Crippen molar-refractivity contribution in [1.82, 2.24) is 10.3 Å². The van der Waals surface area contributed by atoms with E-state index in [2.05, 4.69) is 20.2 Å². The number of ether oxygens (including phenoxy) is 1. The summed E-state index contributed by atoms with van der Waals surface area (Å²) in [6, 6.07) is 11.2. The summed E-state index contributed by atoms with van der Waals surface area (Å²) in [5.74, 6) is 0. The van der Waals surface area contributed by atoms with Crippen LogP contribution < -0.4 is 5.32 Å². The lowest BCUT2D eigenvalue weighted by atomic mass is 10.1. The van der Waals surface area contributed by atoms with Gasteiger partial charge in [0, 0.05) is 17.3 Å². The van der Waals surface area contributed by atoms with Crippen molar-refractivity contribution in [3.8, 4) is 0 Å². The lowest BCUT2D eigenvalue weighted by Crippen LogP contribution is -2.22. The van der Waals surface area contributed by atoms with Crippen LogP contribution in [0, 0.1) is 6.92 Å². The van der Waals surface area contributed by atoms with Crippen molar-refractivity contribution >= 4 is 23.4 Å². The molecule has 6 nitrogen and oxygen atoms in total. The lowest BCUT2D eigenvalue weighted by Gasteiger charge is -2.09. The van der Waals surface area contributed by atoms with Gasteiger partial charge in [0.2, 0.25) is 0 Å². The zero-order valence-corrected chi connectivity index (χ0v) is 15.1. The Morgan fingerprint density at radius 1 is 1.32 bits per heavy atom. The molecule has 0 unspecified atom stereocenters. The van der Waals surface area contributed by atoms with Crippen molar-refractivity contribution in [1.29, 1.82) is 0 Å². The number of aromatic nitrogens is 1. The van der Waals surface area contributed by atoms with E-state index in [4.69, 9.17) is 16.4 Å². The van der Waals surface area contributed by atoms with E-state index >= 15 is 0 Å². The van der Waals surface area contributed by atoms with Gasteiger partial charge in [-0.1, -0.05) is 28.9 Å². The van der Waals surface area contributed by atoms with Gasteiger partial charge in [-0.25, -0.2) is 4.79 Å². The predicted molar refractivity (Wildman–Crippen MR) is 96.7 cm³/mol. The van der Waals surface area contributed by atoms with Crippen molar-refractivity contribution in [3.05, 3.63) is 63.9 Å². The van der Waals surface area contributed by atoms with Crippen molar-refractivity contribution in [3.63, 3.8) is 0 Å². The molecule has 1 N–H and O–H groups in total. The average Bonchev–Trinajstić information content (AvgIpc) is 2.60. The molecule has 0 aliphatic rings. The number of carbonyl (C=O) groups excluding carboxylic acids is 1. The van der Waals surface area contributed by atoms with E-state index in [1.165, 1.54) is 7.11 Å². The van der Waals surface area contributed by atoms with Crippen molar-refractivity contribution in [2.75, 3.05) is 7.11 Å². The number of carbonyl (C=O) groups is 1. The van der Waals surface area contributed by atoms with Crippen LogP contribution in [0.2, 0.25) is 5.02 Å². The third-order valence-corrected chi connectivity index (χ3v) is 3.80. The summed E-state index contributed by atoms with van der Waals surface area (Å²) in [5.41, 5.74) is 4.06. The van der Waals surface area contributed by atoms with Crippen molar-refractivity contribution in [2.45, 2.75) is 27.0 Å². The van der Waals surface area contributed by atoms with Gasteiger partial charge >= 0.3 is 6.09 Å². The first-order chi connectivity index (χ1) is 12.0. The van der Waals surface area contributed by atoms with E-state index < -0.39 is 6.09 Å². The molecule has 1 amide bonds. The van der Waals surface area contributed by atoms with E-state index in [0.717, 1.165) is 22.5 Å². The van der Waals surface area contributed by atoms with Crippen LogP contribution in [-0.4, -0.2) is 23.9 Å². The summed E-state index contributed by atoms with van der Waals surface area (Å²) in [4.78, 5) is 20.9. The SMILES string of the molecule is COC(=O)NCc1cc(/C(C)=N\OCc2cccc(C)n2)ccc1Cl. The number of alkyl carbamates (subject to hydrolysis) is 1. The number of amides is 1. The molecule has 1 aromatic carbocycles. The molecule has 0 atom stereocenters. The molecule has 0 spiro atoms. The van der Waals surface area contributed by atoms with Gasteiger partial charge < -0.3 is 14.9 Å². The number of rotatable bonds is 6. The summed E-state index contributed by atoms with van der Waals surface area (Å²) >= 11 is 6.16. The summed E-state index contributed by atoms with van der Waals surface area (Å²) in [5, 5.41) is 7.28. The summed E-state index contributed by atoms with van der Waals surface area (Å²) in [7, 11) is 1.31. The fraction of sp³-hybridized carbons (Fsp3) is 0.278. The molecule has 0 aliphatic heterocycles. The highest BCUT2D eigenvalue weighted by Crippen LogP contribution is 2.18. The maximum Gasteiger partial charge on any atom is 0.407 e. The number of aryl methyl sites for hydroxylation is 1. The Balaban J connectivity index is 2.02. The van der Waals surface area contributed by atoms with E-state index in [0.29, 0.717) is 17.3 Å². The number of nitrogens with zero attached hydrogens (tertiary/aromatic N) is 2. The minimum atomic E-state index is -0.513. The van der Waals surface area contributed by atoms with Crippen LogP contribution in [0.15, 0.2) is 41.6 Å². The van der Waals surface area contributed by atoms with Gasteiger partial charge in [0.25, 0.3) is 0 Å². The van der Waals surface area contributed by atoms with Gasteiger partial charge in [0.1, 0.15) is 0 Å². The zero-order valence-electron chi connectivity index (χ0n) is 14.4. The highest BCUT2D eigenvalue weighted by molar-refractivity contribution is 6.31. The second-order valence-corrected chi connectivity index (χ2v) is 5.78. The summed E-state index contributed by atoms with van der Waals surface area (Å²) in [6.45, 7) is 4.32. The third kappa shape index (κ3) is 5.76. The Bertz CT molecular complexity index is 778. The number of nitrogens with one attached hydrogen (secondary N) is 1. The Morgan fingerprint density at radius 2 is 2.12 bits per heavy atom. The molecular formula is C18H20ClN3O3. The number of hydrogen-bond donors (Lipinski definition) is 1. The summed E-state index contributed by atoms with van der Waals surface area (Å²) < 4.78 is 4.55. The highest BCUT2D eigenvalue weighted by Gasteiger charge is 2.07. The first-order valence-corrected chi connectivity index (χ1v) is 8.07. The fourth-order valence-corrected chi connectivity index (χ4v) is 2.29. The van der Waals surface area contributed by atoms with Crippen LogP contribution in [0.25, 0.3) is 0 Å². The number of pyridine rings is 1. The highest BCUT2D eigenvalue weighted by atomic mass is 35.5. The lowest BCUT2D eigenvalue weighted by molar-refractivity contribution is 0.127. The molecular weight excluding hydrogens is 342 g/mol. The molecule has 0 aliphatic carbocycles. The Kier molecular flexibility index (Phi) is 6.77. The number of benzene rings is 1. The first kappa shape index (κ1) is 18.7. The molecule has 7 heteroatoms. The molecule has 0 saturated carbocycles. The van der Waals surface area contributed by atoms with E-state index in [-0.39, 0.29) is 6.54 Å². The van der Waals surface area contributed by atoms with Crippen LogP contribution in [0.1, 0.15) is 29.4 Å². The van der Waals surface area contributed by atoms with Gasteiger partial charge in [-0.05, 0) is 49.2 Å². The number of hydrogen-bond acceptors (Lipinski definition) is 5. The molecule has 2 aromatic rings. The molecule has 0 radical (unpaired) electrons. The Morgan fingerprint density at radius 3 is 2.84 bits per heavy atom. The maximum atomic E-state index is 11.2. The van der Waals surface area contributed by atoms with Gasteiger partial charge in [-0.15, -0.1) is 0 Å².